The van der Waals surface area contributed by atoms with Crippen LogP contribution >= 0.6 is 11.6 Å². The van der Waals surface area contributed by atoms with Crippen LogP contribution in [-0.4, -0.2) is 23.5 Å². The number of amides is 1. The predicted octanol–water partition coefficient (Wildman–Crippen LogP) is 4.06. The Kier molecular flexibility index (Phi) is 6.10. The van der Waals surface area contributed by atoms with Gasteiger partial charge in [0.2, 0.25) is 0 Å². The molecule has 1 amide bonds. The van der Waals surface area contributed by atoms with Crippen molar-refractivity contribution in [2.75, 3.05) is 12.5 Å². The Balaban J connectivity index is 2.08. The van der Waals surface area contributed by atoms with Gasteiger partial charge in [-0.1, -0.05) is 60.7 Å². The van der Waals surface area contributed by atoms with Crippen molar-refractivity contribution in [2.45, 2.75) is 13.1 Å². The van der Waals surface area contributed by atoms with Gasteiger partial charge < -0.3 is 4.74 Å². The molecule has 21 heavy (non-hydrogen) atoms. The molecule has 0 aliphatic heterocycles. The average Bonchev–Trinajstić information content (AvgIpc) is 2.54. The van der Waals surface area contributed by atoms with E-state index in [4.69, 9.17) is 16.3 Å². The first-order chi connectivity index (χ1) is 10.3. The van der Waals surface area contributed by atoms with Crippen molar-refractivity contribution in [1.82, 2.24) is 4.90 Å². The molecule has 110 valence electrons. The molecule has 2 rings (SSSR count). The fourth-order valence-corrected chi connectivity index (χ4v) is 2.09. The highest BCUT2D eigenvalue weighted by atomic mass is 35.5. The lowest BCUT2D eigenvalue weighted by Gasteiger charge is -2.22. The molecule has 0 saturated carbocycles. The third-order valence-electron chi connectivity index (χ3n) is 2.99. The summed E-state index contributed by atoms with van der Waals surface area (Å²) in [5, 5.41) is 0. The van der Waals surface area contributed by atoms with E-state index in [2.05, 4.69) is 0 Å². The van der Waals surface area contributed by atoms with Crippen LogP contribution in [0.5, 0.6) is 0 Å². The highest BCUT2D eigenvalue weighted by Crippen LogP contribution is 2.11. The van der Waals surface area contributed by atoms with Crippen molar-refractivity contribution in [3.05, 3.63) is 71.8 Å². The summed E-state index contributed by atoms with van der Waals surface area (Å²) < 4.78 is 5.15. The van der Waals surface area contributed by atoms with Gasteiger partial charge in [0, 0.05) is 13.1 Å². The third kappa shape index (κ3) is 5.12. The standard InChI is InChI=1S/C17H18ClNO2/c18-11-12-21-17(20)19(13-15-7-3-1-4-8-15)14-16-9-5-2-6-10-16/h1-10H,11-14H2. The zero-order valence-electron chi connectivity index (χ0n) is 11.7. The minimum Gasteiger partial charge on any atom is -0.448 e. The lowest BCUT2D eigenvalue weighted by atomic mass is 10.2. The van der Waals surface area contributed by atoms with Crippen LogP contribution < -0.4 is 0 Å². The number of nitrogens with zero attached hydrogens (tertiary/aromatic N) is 1. The SMILES string of the molecule is O=C(OCCCl)N(Cc1ccccc1)Cc1ccccc1. The van der Waals surface area contributed by atoms with E-state index in [1.807, 2.05) is 60.7 Å². The predicted molar refractivity (Wildman–Crippen MR) is 84.2 cm³/mol. The normalized spacial score (nSPS) is 10.1. The fourth-order valence-electron chi connectivity index (χ4n) is 2.01. The summed E-state index contributed by atoms with van der Waals surface area (Å²) in [6.07, 6.45) is -0.344. The second-order valence-electron chi connectivity index (χ2n) is 4.63. The molecule has 0 radical (unpaired) electrons. The maximum Gasteiger partial charge on any atom is 0.410 e. The Hall–Kier alpha value is -2.00. The van der Waals surface area contributed by atoms with Gasteiger partial charge in [-0.2, -0.15) is 0 Å². The number of carbonyl (C=O) groups is 1. The number of rotatable bonds is 6. The second-order valence-corrected chi connectivity index (χ2v) is 5.01. The van der Waals surface area contributed by atoms with Crippen LogP contribution in [0.25, 0.3) is 0 Å². The van der Waals surface area contributed by atoms with Gasteiger partial charge in [-0.3, -0.25) is 4.90 Å². The lowest BCUT2D eigenvalue weighted by molar-refractivity contribution is 0.102. The topological polar surface area (TPSA) is 29.5 Å². The molecule has 0 saturated heterocycles. The number of carbonyl (C=O) groups excluding carboxylic acids is 1. The molecular formula is C17H18ClNO2. The minimum atomic E-state index is -0.344. The van der Waals surface area contributed by atoms with Crippen LogP contribution in [0.1, 0.15) is 11.1 Å². The molecule has 2 aromatic rings. The van der Waals surface area contributed by atoms with Crippen molar-refractivity contribution < 1.29 is 9.53 Å². The van der Waals surface area contributed by atoms with E-state index in [9.17, 15) is 4.79 Å². The summed E-state index contributed by atoms with van der Waals surface area (Å²) in [4.78, 5) is 13.8. The van der Waals surface area contributed by atoms with Gasteiger partial charge in [0.1, 0.15) is 6.61 Å². The summed E-state index contributed by atoms with van der Waals surface area (Å²) in [6, 6.07) is 19.7. The minimum absolute atomic E-state index is 0.223. The fraction of sp³-hybridized carbons (Fsp3) is 0.235. The maximum atomic E-state index is 12.2. The molecule has 2 aromatic carbocycles. The quantitative estimate of drug-likeness (QED) is 0.753. The Morgan fingerprint density at radius 2 is 1.38 bits per heavy atom. The van der Waals surface area contributed by atoms with Crippen LogP contribution in [0.4, 0.5) is 4.79 Å². The molecule has 0 N–H and O–H groups in total. The van der Waals surface area contributed by atoms with Crippen molar-refractivity contribution in [3.8, 4) is 0 Å². The van der Waals surface area contributed by atoms with Crippen LogP contribution in [0.15, 0.2) is 60.7 Å². The number of ether oxygens (including phenoxy) is 1. The molecule has 0 atom stereocenters. The molecule has 0 heterocycles. The zero-order valence-corrected chi connectivity index (χ0v) is 12.5. The van der Waals surface area contributed by atoms with Crippen molar-refractivity contribution in [1.29, 1.82) is 0 Å². The first-order valence-corrected chi connectivity index (χ1v) is 7.38. The van der Waals surface area contributed by atoms with Crippen molar-refractivity contribution >= 4 is 17.7 Å². The number of hydrogen-bond donors (Lipinski definition) is 0. The molecular weight excluding hydrogens is 286 g/mol. The van der Waals surface area contributed by atoms with E-state index in [-0.39, 0.29) is 12.7 Å². The molecule has 0 fully saturated rings. The molecule has 0 spiro atoms. The number of hydrogen-bond acceptors (Lipinski definition) is 2. The number of benzene rings is 2. The first kappa shape index (κ1) is 15.4. The Bertz CT molecular complexity index is 504. The van der Waals surface area contributed by atoms with Gasteiger partial charge >= 0.3 is 6.09 Å². The Morgan fingerprint density at radius 1 is 0.905 bits per heavy atom. The molecule has 0 aromatic heterocycles. The van der Waals surface area contributed by atoms with Gasteiger partial charge in [0.05, 0.1) is 5.88 Å². The van der Waals surface area contributed by atoms with Crippen LogP contribution in [0, 0.1) is 0 Å². The van der Waals surface area contributed by atoms with Gasteiger partial charge in [0.15, 0.2) is 0 Å². The zero-order chi connectivity index (χ0) is 14.9. The molecule has 0 bridgehead atoms. The second kappa shape index (κ2) is 8.32. The Morgan fingerprint density at radius 3 is 1.81 bits per heavy atom. The first-order valence-electron chi connectivity index (χ1n) is 6.85. The highest BCUT2D eigenvalue weighted by molar-refractivity contribution is 6.18. The van der Waals surface area contributed by atoms with Gasteiger partial charge in [0.25, 0.3) is 0 Å². The van der Waals surface area contributed by atoms with E-state index >= 15 is 0 Å². The molecule has 3 nitrogen and oxygen atoms in total. The van der Waals surface area contributed by atoms with Gasteiger partial charge in [-0.15, -0.1) is 11.6 Å². The number of halogens is 1. The van der Waals surface area contributed by atoms with E-state index in [0.29, 0.717) is 19.0 Å². The van der Waals surface area contributed by atoms with Crippen LogP contribution in [-0.2, 0) is 17.8 Å². The smallest absolute Gasteiger partial charge is 0.410 e. The van der Waals surface area contributed by atoms with Crippen molar-refractivity contribution in [3.63, 3.8) is 0 Å². The van der Waals surface area contributed by atoms with Crippen LogP contribution in [0.2, 0.25) is 0 Å². The molecule has 4 heteroatoms. The third-order valence-corrected chi connectivity index (χ3v) is 3.15. The summed E-state index contributed by atoms with van der Waals surface area (Å²) in [5.74, 6) is 0.302. The largest absolute Gasteiger partial charge is 0.448 e. The lowest BCUT2D eigenvalue weighted by Crippen LogP contribution is -2.31. The summed E-state index contributed by atoms with van der Waals surface area (Å²) in [7, 11) is 0. The number of alkyl halides is 1. The Labute approximate surface area is 130 Å². The monoisotopic (exact) mass is 303 g/mol. The van der Waals surface area contributed by atoms with Gasteiger partial charge in [-0.05, 0) is 11.1 Å². The summed E-state index contributed by atoms with van der Waals surface area (Å²) in [6.45, 7) is 1.24. The highest BCUT2D eigenvalue weighted by Gasteiger charge is 2.15. The van der Waals surface area contributed by atoms with E-state index in [1.54, 1.807) is 4.90 Å². The molecule has 0 unspecified atom stereocenters. The molecule has 0 aliphatic rings. The van der Waals surface area contributed by atoms with Crippen LogP contribution in [0.3, 0.4) is 0 Å². The maximum absolute atomic E-state index is 12.2. The van der Waals surface area contributed by atoms with E-state index < -0.39 is 0 Å². The van der Waals surface area contributed by atoms with Gasteiger partial charge in [-0.25, -0.2) is 4.79 Å². The summed E-state index contributed by atoms with van der Waals surface area (Å²) >= 11 is 5.57. The average molecular weight is 304 g/mol. The summed E-state index contributed by atoms with van der Waals surface area (Å²) in [5.41, 5.74) is 2.13. The van der Waals surface area contributed by atoms with E-state index in [0.717, 1.165) is 11.1 Å². The van der Waals surface area contributed by atoms with E-state index in [1.165, 1.54) is 0 Å². The molecule has 0 aliphatic carbocycles. The van der Waals surface area contributed by atoms with Crippen molar-refractivity contribution in [2.24, 2.45) is 0 Å².